The maximum absolute atomic E-state index is 3.85. The summed E-state index contributed by atoms with van der Waals surface area (Å²) < 4.78 is 0. The number of likely N-dealkylation sites (tertiary alicyclic amines) is 1. The van der Waals surface area contributed by atoms with E-state index in [1.54, 1.807) is 0 Å². The largest absolute Gasteiger partial charge is 0.314 e. The highest BCUT2D eigenvalue weighted by Gasteiger charge is 2.25. The molecule has 1 N–H and O–H groups in total. The van der Waals surface area contributed by atoms with Crippen molar-refractivity contribution in [2.75, 3.05) is 26.2 Å². The van der Waals surface area contributed by atoms with Gasteiger partial charge in [0.2, 0.25) is 0 Å². The van der Waals surface area contributed by atoms with Gasteiger partial charge in [0.05, 0.1) is 0 Å². The normalized spacial score (nSPS) is 35.2. The van der Waals surface area contributed by atoms with Gasteiger partial charge in [-0.15, -0.1) is 0 Å². The minimum Gasteiger partial charge on any atom is -0.314 e. The van der Waals surface area contributed by atoms with E-state index in [-0.39, 0.29) is 0 Å². The first-order valence-corrected chi connectivity index (χ1v) is 8.64. The van der Waals surface area contributed by atoms with E-state index in [4.69, 9.17) is 0 Å². The molecule has 0 aromatic heterocycles. The van der Waals surface area contributed by atoms with E-state index in [0.717, 1.165) is 17.8 Å². The average molecular weight is 266 g/mol. The molecule has 0 aromatic carbocycles. The minimum atomic E-state index is 0.702. The molecule has 2 fully saturated rings. The highest BCUT2D eigenvalue weighted by molar-refractivity contribution is 4.81. The number of hydrogen-bond acceptors (Lipinski definition) is 2. The smallest absolute Gasteiger partial charge is 0.00793 e. The van der Waals surface area contributed by atoms with Crippen LogP contribution in [0.15, 0.2) is 0 Å². The van der Waals surface area contributed by atoms with E-state index in [0.29, 0.717) is 6.04 Å². The molecule has 2 unspecified atom stereocenters. The van der Waals surface area contributed by atoms with E-state index in [1.807, 2.05) is 0 Å². The number of nitrogens with one attached hydrogen (secondary N) is 1. The van der Waals surface area contributed by atoms with Crippen LogP contribution in [0.3, 0.4) is 0 Å². The summed E-state index contributed by atoms with van der Waals surface area (Å²) in [6.45, 7) is 12.2. The summed E-state index contributed by atoms with van der Waals surface area (Å²) in [4.78, 5) is 2.62. The summed E-state index contributed by atoms with van der Waals surface area (Å²) in [6, 6.07) is 0.702. The Bertz CT molecular complexity index is 246. The van der Waals surface area contributed by atoms with Crippen LogP contribution in [0.1, 0.15) is 59.3 Å². The number of piperidine rings is 1. The highest BCUT2D eigenvalue weighted by atomic mass is 15.1. The molecule has 19 heavy (non-hydrogen) atoms. The lowest BCUT2D eigenvalue weighted by Crippen LogP contribution is -2.45. The Morgan fingerprint density at radius 3 is 2.58 bits per heavy atom. The Kier molecular flexibility index (Phi) is 6.15. The third-order valence-corrected chi connectivity index (χ3v) is 5.56. The van der Waals surface area contributed by atoms with Gasteiger partial charge >= 0.3 is 0 Å². The van der Waals surface area contributed by atoms with Crippen LogP contribution < -0.4 is 5.32 Å². The van der Waals surface area contributed by atoms with Gasteiger partial charge in [-0.25, -0.2) is 0 Å². The van der Waals surface area contributed by atoms with E-state index >= 15 is 0 Å². The SMILES string of the molecule is CCN1CCCC(C(C)NCC2CCC(C)CC2)C1. The highest BCUT2D eigenvalue weighted by Crippen LogP contribution is 2.28. The summed E-state index contributed by atoms with van der Waals surface area (Å²) in [5.41, 5.74) is 0. The zero-order chi connectivity index (χ0) is 13.7. The topological polar surface area (TPSA) is 15.3 Å². The molecule has 2 nitrogen and oxygen atoms in total. The molecule has 2 aliphatic rings. The Hall–Kier alpha value is -0.0800. The maximum Gasteiger partial charge on any atom is 0.00793 e. The Morgan fingerprint density at radius 2 is 1.89 bits per heavy atom. The Balaban J connectivity index is 1.67. The molecule has 1 aliphatic heterocycles. The van der Waals surface area contributed by atoms with Crippen molar-refractivity contribution in [2.45, 2.75) is 65.3 Å². The molecule has 2 heteroatoms. The first-order chi connectivity index (χ1) is 9.19. The molecule has 112 valence electrons. The first-order valence-electron chi connectivity index (χ1n) is 8.64. The third-order valence-electron chi connectivity index (χ3n) is 5.56. The van der Waals surface area contributed by atoms with Gasteiger partial charge in [0.15, 0.2) is 0 Å². The van der Waals surface area contributed by atoms with E-state index in [2.05, 4.69) is 31.0 Å². The average Bonchev–Trinajstić information content (AvgIpc) is 2.46. The van der Waals surface area contributed by atoms with Crippen molar-refractivity contribution < 1.29 is 0 Å². The zero-order valence-electron chi connectivity index (χ0n) is 13.3. The Morgan fingerprint density at radius 1 is 1.16 bits per heavy atom. The number of nitrogens with zero attached hydrogens (tertiary/aromatic N) is 1. The predicted molar refractivity (Wildman–Crippen MR) is 83.4 cm³/mol. The minimum absolute atomic E-state index is 0.702. The van der Waals surface area contributed by atoms with Gasteiger partial charge in [0.25, 0.3) is 0 Å². The lowest BCUT2D eigenvalue weighted by Gasteiger charge is -2.36. The summed E-state index contributed by atoms with van der Waals surface area (Å²) in [6.07, 6.45) is 8.62. The predicted octanol–water partition coefficient (Wildman–Crippen LogP) is 3.52. The van der Waals surface area contributed by atoms with E-state index in [1.165, 1.54) is 64.7 Å². The van der Waals surface area contributed by atoms with Gasteiger partial charge in [0, 0.05) is 12.6 Å². The summed E-state index contributed by atoms with van der Waals surface area (Å²) in [5.74, 6) is 2.80. The molecule has 0 aromatic rings. The Labute approximate surface area is 120 Å². The van der Waals surface area contributed by atoms with Crippen LogP contribution in [-0.4, -0.2) is 37.1 Å². The van der Waals surface area contributed by atoms with Crippen LogP contribution in [-0.2, 0) is 0 Å². The number of rotatable bonds is 5. The lowest BCUT2D eigenvalue weighted by molar-refractivity contribution is 0.152. The molecule has 2 atom stereocenters. The molecular formula is C17H34N2. The van der Waals surface area contributed by atoms with Crippen LogP contribution in [0.25, 0.3) is 0 Å². The lowest BCUT2D eigenvalue weighted by atomic mass is 9.82. The summed E-state index contributed by atoms with van der Waals surface area (Å²) >= 11 is 0. The summed E-state index contributed by atoms with van der Waals surface area (Å²) in [7, 11) is 0. The van der Waals surface area contributed by atoms with Gasteiger partial charge in [-0.05, 0) is 70.0 Å². The van der Waals surface area contributed by atoms with Crippen LogP contribution in [0.2, 0.25) is 0 Å². The van der Waals surface area contributed by atoms with Crippen molar-refractivity contribution in [1.29, 1.82) is 0 Å². The van der Waals surface area contributed by atoms with Crippen LogP contribution in [0.5, 0.6) is 0 Å². The van der Waals surface area contributed by atoms with Gasteiger partial charge in [-0.1, -0.05) is 26.7 Å². The van der Waals surface area contributed by atoms with E-state index < -0.39 is 0 Å². The van der Waals surface area contributed by atoms with Crippen molar-refractivity contribution in [2.24, 2.45) is 17.8 Å². The van der Waals surface area contributed by atoms with Crippen LogP contribution in [0.4, 0.5) is 0 Å². The van der Waals surface area contributed by atoms with Crippen molar-refractivity contribution >= 4 is 0 Å². The van der Waals surface area contributed by atoms with Crippen molar-refractivity contribution in [3.63, 3.8) is 0 Å². The maximum atomic E-state index is 3.85. The molecular weight excluding hydrogens is 232 g/mol. The molecule has 1 saturated carbocycles. The standard InChI is InChI=1S/C17H34N2/c1-4-19-11-5-6-17(13-19)15(3)18-12-16-9-7-14(2)8-10-16/h14-18H,4-13H2,1-3H3. The molecule has 2 rings (SSSR count). The van der Waals surface area contributed by atoms with Gasteiger partial charge in [0.1, 0.15) is 0 Å². The van der Waals surface area contributed by atoms with Crippen molar-refractivity contribution in [3.05, 3.63) is 0 Å². The molecule has 0 amide bonds. The second kappa shape index (κ2) is 7.64. The van der Waals surface area contributed by atoms with Gasteiger partial charge < -0.3 is 10.2 Å². The quantitative estimate of drug-likeness (QED) is 0.819. The first kappa shape index (κ1) is 15.3. The second-order valence-corrected chi connectivity index (χ2v) is 7.12. The molecule has 1 saturated heterocycles. The van der Waals surface area contributed by atoms with Crippen molar-refractivity contribution in [1.82, 2.24) is 10.2 Å². The van der Waals surface area contributed by atoms with Gasteiger partial charge in [-0.3, -0.25) is 0 Å². The fourth-order valence-electron chi connectivity index (χ4n) is 3.84. The van der Waals surface area contributed by atoms with Crippen LogP contribution in [0, 0.1) is 17.8 Å². The van der Waals surface area contributed by atoms with Crippen molar-refractivity contribution in [3.8, 4) is 0 Å². The third kappa shape index (κ3) is 4.75. The molecule has 1 heterocycles. The number of hydrogen-bond donors (Lipinski definition) is 1. The second-order valence-electron chi connectivity index (χ2n) is 7.12. The monoisotopic (exact) mass is 266 g/mol. The fraction of sp³-hybridized carbons (Fsp3) is 1.00. The van der Waals surface area contributed by atoms with E-state index in [9.17, 15) is 0 Å². The van der Waals surface area contributed by atoms with Gasteiger partial charge in [-0.2, -0.15) is 0 Å². The molecule has 1 aliphatic carbocycles. The zero-order valence-corrected chi connectivity index (χ0v) is 13.3. The molecule has 0 radical (unpaired) electrons. The molecule has 0 spiro atoms. The fourth-order valence-corrected chi connectivity index (χ4v) is 3.84. The molecule has 0 bridgehead atoms. The summed E-state index contributed by atoms with van der Waals surface area (Å²) in [5, 5.41) is 3.85. The van der Waals surface area contributed by atoms with Crippen LogP contribution >= 0.6 is 0 Å².